The van der Waals surface area contributed by atoms with Gasteiger partial charge in [0.25, 0.3) is 0 Å². The summed E-state index contributed by atoms with van der Waals surface area (Å²) in [6.07, 6.45) is 1.07. The van der Waals surface area contributed by atoms with Crippen molar-refractivity contribution in [3.05, 3.63) is 59.7 Å². The summed E-state index contributed by atoms with van der Waals surface area (Å²) < 4.78 is 5.86. The van der Waals surface area contributed by atoms with Crippen LogP contribution in [0.2, 0.25) is 0 Å². The molecule has 2 aromatic rings. The molecule has 2 N–H and O–H groups in total. The number of hydrogen-bond donors (Lipinski definition) is 2. The number of anilines is 1. The van der Waals surface area contributed by atoms with E-state index in [-0.39, 0.29) is 18.4 Å². The maximum Gasteiger partial charge on any atom is 0.227 e. The zero-order valence-electron chi connectivity index (χ0n) is 16.7. The summed E-state index contributed by atoms with van der Waals surface area (Å²) in [5, 5.41) is 13.4. The molecule has 0 bridgehead atoms. The number of β-amino-alcohol motifs (C(OH)–C–C–N with tert-alkyl or cyclic N) is 1. The number of para-hydroxylation sites is 2. The van der Waals surface area contributed by atoms with Crippen LogP contribution >= 0.6 is 0 Å². The van der Waals surface area contributed by atoms with E-state index in [0.717, 1.165) is 48.5 Å². The minimum absolute atomic E-state index is 0.0273. The lowest BCUT2D eigenvalue weighted by Crippen LogP contribution is -2.42. The number of rotatable bonds is 7. The number of likely N-dealkylation sites (tertiary alicyclic amines) is 1. The van der Waals surface area contributed by atoms with Crippen molar-refractivity contribution in [3.63, 3.8) is 0 Å². The first-order valence-electron chi connectivity index (χ1n) is 9.98. The Bertz CT molecular complexity index is 750. The average Bonchev–Trinajstić information content (AvgIpc) is 2.69. The van der Waals surface area contributed by atoms with Crippen molar-refractivity contribution < 1.29 is 14.6 Å². The Hall–Kier alpha value is -2.37. The number of ether oxygens (including phenoxy) is 1. The maximum atomic E-state index is 12.4. The van der Waals surface area contributed by atoms with Crippen molar-refractivity contribution in [3.8, 4) is 5.75 Å². The van der Waals surface area contributed by atoms with E-state index >= 15 is 0 Å². The second-order valence-electron chi connectivity index (χ2n) is 7.62. The van der Waals surface area contributed by atoms with Gasteiger partial charge in [0, 0.05) is 18.2 Å². The van der Waals surface area contributed by atoms with Gasteiger partial charge in [0.15, 0.2) is 0 Å². The van der Waals surface area contributed by atoms with E-state index in [9.17, 15) is 9.90 Å². The van der Waals surface area contributed by atoms with Gasteiger partial charge in [-0.1, -0.05) is 36.4 Å². The van der Waals surface area contributed by atoms with Crippen LogP contribution in [0.3, 0.4) is 0 Å². The Balaban J connectivity index is 1.40. The largest absolute Gasteiger partial charge is 0.490 e. The molecule has 0 radical (unpaired) electrons. The summed E-state index contributed by atoms with van der Waals surface area (Å²) in [6.45, 7) is 6.50. The molecular weight excluding hydrogens is 352 g/mol. The van der Waals surface area contributed by atoms with Gasteiger partial charge in [0.2, 0.25) is 5.91 Å². The van der Waals surface area contributed by atoms with Crippen LogP contribution in [-0.4, -0.2) is 48.3 Å². The van der Waals surface area contributed by atoms with E-state index in [1.165, 1.54) is 0 Å². The third-order valence-corrected chi connectivity index (χ3v) is 5.30. The van der Waals surface area contributed by atoms with Gasteiger partial charge in [-0.3, -0.25) is 4.79 Å². The quantitative estimate of drug-likeness (QED) is 0.771. The number of aryl methyl sites for hydroxylation is 2. The molecule has 0 aliphatic carbocycles. The highest BCUT2D eigenvalue weighted by Gasteiger charge is 2.26. The van der Waals surface area contributed by atoms with Gasteiger partial charge in [0.05, 0.1) is 0 Å². The Morgan fingerprint density at radius 1 is 1.11 bits per heavy atom. The number of nitrogens with one attached hydrogen (secondary N) is 1. The summed E-state index contributed by atoms with van der Waals surface area (Å²) in [4.78, 5) is 14.6. The number of hydrogen-bond acceptors (Lipinski definition) is 4. The molecule has 1 saturated heterocycles. The SMILES string of the molecule is Cc1cccc(C)c1OCC(O)CN1CCC(C(=O)Nc2ccccc2)CC1. The Labute approximate surface area is 167 Å². The minimum atomic E-state index is -0.547. The van der Waals surface area contributed by atoms with Crippen LogP contribution in [0.25, 0.3) is 0 Å². The first kappa shape index (κ1) is 20.4. The summed E-state index contributed by atoms with van der Waals surface area (Å²) in [6, 6.07) is 15.6. The number of carbonyl (C=O) groups excluding carboxylic acids is 1. The minimum Gasteiger partial charge on any atom is -0.490 e. The molecular formula is C23H30N2O3. The van der Waals surface area contributed by atoms with E-state index in [0.29, 0.717) is 6.54 Å². The molecule has 1 aliphatic rings. The highest BCUT2D eigenvalue weighted by molar-refractivity contribution is 5.92. The first-order valence-corrected chi connectivity index (χ1v) is 9.98. The topological polar surface area (TPSA) is 61.8 Å². The zero-order valence-corrected chi connectivity index (χ0v) is 16.7. The number of amides is 1. The second kappa shape index (κ2) is 9.71. The van der Waals surface area contributed by atoms with Crippen LogP contribution in [0.15, 0.2) is 48.5 Å². The van der Waals surface area contributed by atoms with Gasteiger partial charge < -0.3 is 20.1 Å². The fraction of sp³-hybridized carbons (Fsp3) is 0.435. The van der Waals surface area contributed by atoms with Crippen molar-refractivity contribution in [1.29, 1.82) is 0 Å². The number of aliphatic hydroxyl groups excluding tert-OH is 1. The smallest absolute Gasteiger partial charge is 0.227 e. The van der Waals surface area contributed by atoms with Crippen molar-refractivity contribution in [2.45, 2.75) is 32.8 Å². The van der Waals surface area contributed by atoms with E-state index < -0.39 is 6.10 Å². The number of piperidine rings is 1. The molecule has 150 valence electrons. The van der Waals surface area contributed by atoms with Gasteiger partial charge in [0.1, 0.15) is 18.5 Å². The summed E-state index contributed by atoms with van der Waals surface area (Å²) in [5.41, 5.74) is 3.00. The average molecular weight is 383 g/mol. The van der Waals surface area contributed by atoms with Crippen molar-refractivity contribution in [2.75, 3.05) is 31.6 Å². The van der Waals surface area contributed by atoms with Crippen LogP contribution in [0.5, 0.6) is 5.75 Å². The third-order valence-electron chi connectivity index (χ3n) is 5.30. The summed E-state index contributed by atoms with van der Waals surface area (Å²) >= 11 is 0. The van der Waals surface area contributed by atoms with Gasteiger partial charge in [-0.2, -0.15) is 0 Å². The van der Waals surface area contributed by atoms with Crippen molar-refractivity contribution in [2.24, 2.45) is 5.92 Å². The molecule has 2 aromatic carbocycles. The Morgan fingerprint density at radius 2 is 1.75 bits per heavy atom. The monoisotopic (exact) mass is 382 g/mol. The molecule has 1 aliphatic heterocycles. The van der Waals surface area contributed by atoms with Crippen LogP contribution < -0.4 is 10.1 Å². The second-order valence-corrected chi connectivity index (χ2v) is 7.62. The summed E-state index contributed by atoms with van der Waals surface area (Å²) in [7, 11) is 0. The van der Waals surface area contributed by atoms with Crippen molar-refractivity contribution >= 4 is 11.6 Å². The number of benzene rings is 2. The lowest BCUT2D eigenvalue weighted by molar-refractivity contribution is -0.121. The van der Waals surface area contributed by atoms with Gasteiger partial charge in [-0.05, 0) is 63.0 Å². The molecule has 0 spiro atoms. The fourth-order valence-corrected chi connectivity index (χ4v) is 3.70. The third kappa shape index (κ3) is 5.57. The Kier molecular flexibility index (Phi) is 7.06. The molecule has 28 heavy (non-hydrogen) atoms. The molecule has 0 saturated carbocycles. The standard InChI is InChI=1S/C23H30N2O3/c1-17-7-6-8-18(2)22(17)28-16-21(26)15-25-13-11-19(12-14-25)23(27)24-20-9-4-3-5-10-20/h3-10,19,21,26H,11-16H2,1-2H3,(H,24,27). The van der Waals surface area contributed by atoms with Gasteiger partial charge >= 0.3 is 0 Å². The van der Waals surface area contributed by atoms with E-state index in [2.05, 4.69) is 10.2 Å². The maximum absolute atomic E-state index is 12.4. The van der Waals surface area contributed by atoms with E-state index in [4.69, 9.17) is 4.74 Å². The highest BCUT2D eigenvalue weighted by Crippen LogP contribution is 2.23. The predicted octanol–water partition coefficient (Wildman–Crippen LogP) is 3.39. The van der Waals surface area contributed by atoms with Gasteiger partial charge in [-0.25, -0.2) is 0 Å². The molecule has 1 fully saturated rings. The molecule has 0 aromatic heterocycles. The zero-order chi connectivity index (χ0) is 19.9. The van der Waals surface area contributed by atoms with E-state index in [1.807, 2.05) is 62.4 Å². The Morgan fingerprint density at radius 3 is 2.39 bits per heavy atom. The molecule has 1 amide bonds. The molecule has 1 heterocycles. The molecule has 1 atom stereocenters. The molecule has 5 heteroatoms. The number of aliphatic hydroxyl groups is 1. The first-order chi connectivity index (χ1) is 13.5. The van der Waals surface area contributed by atoms with E-state index in [1.54, 1.807) is 0 Å². The fourth-order valence-electron chi connectivity index (χ4n) is 3.70. The van der Waals surface area contributed by atoms with Crippen LogP contribution in [-0.2, 0) is 4.79 Å². The van der Waals surface area contributed by atoms with Crippen LogP contribution in [0.1, 0.15) is 24.0 Å². The summed E-state index contributed by atoms with van der Waals surface area (Å²) in [5.74, 6) is 0.974. The normalized spacial score (nSPS) is 16.5. The van der Waals surface area contributed by atoms with Gasteiger partial charge in [-0.15, -0.1) is 0 Å². The molecule has 3 rings (SSSR count). The highest BCUT2D eigenvalue weighted by atomic mass is 16.5. The van der Waals surface area contributed by atoms with Crippen LogP contribution in [0.4, 0.5) is 5.69 Å². The predicted molar refractivity (Wildman–Crippen MR) is 112 cm³/mol. The number of nitrogens with zero attached hydrogens (tertiary/aromatic N) is 1. The van der Waals surface area contributed by atoms with Crippen LogP contribution in [0, 0.1) is 19.8 Å². The van der Waals surface area contributed by atoms with Crippen molar-refractivity contribution in [1.82, 2.24) is 4.90 Å². The number of carbonyl (C=O) groups is 1. The molecule has 1 unspecified atom stereocenters. The lowest BCUT2D eigenvalue weighted by Gasteiger charge is -2.32. The lowest BCUT2D eigenvalue weighted by atomic mass is 9.95. The molecule has 5 nitrogen and oxygen atoms in total.